The monoisotopic (exact) mass is 159 g/mol. The van der Waals surface area contributed by atoms with Crippen LogP contribution in [0, 0.1) is 11.3 Å². The standard InChI is InChI=1S/C9H21NO/c1-7(2)6-9(4,5)8(3)11-10/h7-8H,6,10H2,1-5H3. The molecule has 0 saturated carbocycles. The van der Waals surface area contributed by atoms with Crippen LogP contribution >= 0.6 is 0 Å². The zero-order valence-corrected chi connectivity index (χ0v) is 8.35. The van der Waals surface area contributed by atoms with E-state index in [4.69, 9.17) is 10.7 Å². The lowest BCUT2D eigenvalue weighted by atomic mass is 9.80. The van der Waals surface area contributed by atoms with E-state index in [1.165, 1.54) is 0 Å². The van der Waals surface area contributed by atoms with Crippen molar-refractivity contribution in [3.8, 4) is 0 Å². The summed E-state index contributed by atoms with van der Waals surface area (Å²) < 4.78 is 0. The van der Waals surface area contributed by atoms with E-state index >= 15 is 0 Å². The first-order chi connectivity index (χ1) is 4.90. The maximum Gasteiger partial charge on any atom is 0.0810 e. The van der Waals surface area contributed by atoms with Crippen LogP contribution in [0.3, 0.4) is 0 Å². The molecule has 68 valence electrons. The van der Waals surface area contributed by atoms with E-state index in [1.54, 1.807) is 0 Å². The predicted molar refractivity (Wildman–Crippen MR) is 48.0 cm³/mol. The third kappa shape index (κ3) is 3.73. The van der Waals surface area contributed by atoms with Crippen LogP contribution < -0.4 is 5.90 Å². The molecule has 0 radical (unpaired) electrons. The summed E-state index contributed by atoms with van der Waals surface area (Å²) in [5.41, 5.74) is 0.183. The average molecular weight is 159 g/mol. The molecule has 2 N–H and O–H groups in total. The fraction of sp³-hybridized carbons (Fsp3) is 1.00. The van der Waals surface area contributed by atoms with Gasteiger partial charge in [0.05, 0.1) is 6.10 Å². The third-order valence-corrected chi connectivity index (χ3v) is 2.24. The molecule has 2 nitrogen and oxygen atoms in total. The highest BCUT2D eigenvalue weighted by molar-refractivity contribution is 4.76. The molecule has 1 atom stereocenters. The van der Waals surface area contributed by atoms with Crippen molar-refractivity contribution in [3.05, 3.63) is 0 Å². The molecule has 0 aliphatic heterocycles. The number of nitrogens with two attached hydrogens (primary N) is 1. The minimum atomic E-state index is 0.130. The summed E-state index contributed by atoms with van der Waals surface area (Å²) in [6, 6.07) is 0. The lowest BCUT2D eigenvalue weighted by molar-refractivity contribution is -0.0235. The van der Waals surface area contributed by atoms with Crippen molar-refractivity contribution >= 4 is 0 Å². The lowest BCUT2D eigenvalue weighted by Gasteiger charge is -2.31. The Labute approximate surface area is 70.1 Å². The summed E-state index contributed by atoms with van der Waals surface area (Å²) in [4.78, 5) is 4.82. The van der Waals surface area contributed by atoms with Crippen molar-refractivity contribution in [2.24, 2.45) is 17.2 Å². The molecule has 0 heterocycles. The van der Waals surface area contributed by atoms with Crippen molar-refractivity contribution in [1.29, 1.82) is 0 Å². The second kappa shape index (κ2) is 4.07. The van der Waals surface area contributed by atoms with Crippen LogP contribution in [0.1, 0.15) is 41.0 Å². The maximum atomic E-state index is 5.13. The van der Waals surface area contributed by atoms with Crippen molar-refractivity contribution in [1.82, 2.24) is 0 Å². The van der Waals surface area contributed by atoms with Crippen LogP contribution in [-0.2, 0) is 4.84 Å². The molecule has 0 aliphatic rings. The predicted octanol–water partition coefficient (Wildman–Crippen LogP) is 2.34. The van der Waals surface area contributed by atoms with Gasteiger partial charge in [-0.15, -0.1) is 0 Å². The number of hydrogen-bond donors (Lipinski definition) is 1. The smallest absolute Gasteiger partial charge is 0.0810 e. The van der Waals surface area contributed by atoms with Gasteiger partial charge in [0.1, 0.15) is 0 Å². The first-order valence-electron chi connectivity index (χ1n) is 4.25. The van der Waals surface area contributed by atoms with E-state index in [9.17, 15) is 0 Å². The van der Waals surface area contributed by atoms with Crippen molar-refractivity contribution < 1.29 is 4.84 Å². The minimum absolute atomic E-state index is 0.130. The lowest BCUT2D eigenvalue weighted by Crippen LogP contribution is -2.32. The molecule has 0 aromatic carbocycles. The van der Waals surface area contributed by atoms with Gasteiger partial charge in [0.25, 0.3) is 0 Å². The Hall–Kier alpha value is -0.0800. The molecule has 0 spiro atoms. The van der Waals surface area contributed by atoms with Crippen LogP contribution in [0.2, 0.25) is 0 Å². The summed E-state index contributed by atoms with van der Waals surface area (Å²) in [5.74, 6) is 5.83. The van der Waals surface area contributed by atoms with Crippen LogP contribution in [0.4, 0.5) is 0 Å². The molecule has 1 unspecified atom stereocenters. The molecule has 0 amide bonds. The molecular weight excluding hydrogens is 138 g/mol. The highest BCUT2D eigenvalue weighted by Crippen LogP contribution is 2.30. The Balaban J connectivity index is 3.98. The molecule has 0 saturated heterocycles. The second-order valence-electron chi connectivity index (χ2n) is 4.36. The molecule has 0 aromatic heterocycles. The normalized spacial score (nSPS) is 15.5. The van der Waals surface area contributed by atoms with Crippen LogP contribution in [0.5, 0.6) is 0 Å². The highest BCUT2D eigenvalue weighted by Gasteiger charge is 2.26. The largest absolute Gasteiger partial charge is 0.301 e. The van der Waals surface area contributed by atoms with E-state index < -0.39 is 0 Å². The molecule has 2 heteroatoms. The van der Waals surface area contributed by atoms with E-state index in [-0.39, 0.29) is 11.5 Å². The second-order valence-corrected chi connectivity index (χ2v) is 4.36. The molecular formula is C9H21NO. The van der Waals surface area contributed by atoms with E-state index in [1.807, 2.05) is 6.92 Å². The Morgan fingerprint density at radius 1 is 1.27 bits per heavy atom. The van der Waals surface area contributed by atoms with Gasteiger partial charge in [-0.25, -0.2) is 5.90 Å². The van der Waals surface area contributed by atoms with Crippen LogP contribution in [-0.4, -0.2) is 6.10 Å². The third-order valence-electron chi connectivity index (χ3n) is 2.24. The quantitative estimate of drug-likeness (QED) is 0.639. The van der Waals surface area contributed by atoms with Crippen molar-refractivity contribution in [2.75, 3.05) is 0 Å². The van der Waals surface area contributed by atoms with Gasteiger partial charge >= 0.3 is 0 Å². The summed E-state index contributed by atoms with van der Waals surface area (Å²) >= 11 is 0. The summed E-state index contributed by atoms with van der Waals surface area (Å²) in [7, 11) is 0. The molecule has 11 heavy (non-hydrogen) atoms. The summed E-state index contributed by atoms with van der Waals surface area (Å²) in [6.07, 6.45) is 1.27. The first-order valence-corrected chi connectivity index (χ1v) is 4.25. The number of rotatable bonds is 4. The molecule has 0 fully saturated rings. The minimum Gasteiger partial charge on any atom is -0.301 e. The van der Waals surface area contributed by atoms with Gasteiger partial charge < -0.3 is 4.84 Å². The van der Waals surface area contributed by atoms with Crippen molar-refractivity contribution in [2.45, 2.75) is 47.1 Å². The van der Waals surface area contributed by atoms with Gasteiger partial charge in [-0.3, -0.25) is 0 Å². The zero-order chi connectivity index (χ0) is 9.07. The molecule has 0 aromatic rings. The number of hydrogen-bond acceptors (Lipinski definition) is 2. The fourth-order valence-electron chi connectivity index (χ4n) is 1.40. The van der Waals surface area contributed by atoms with Crippen LogP contribution in [0.15, 0.2) is 0 Å². The van der Waals surface area contributed by atoms with E-state index in [0.29, 0.717) is 5.92 Å². The Morgan fingerprint density at radius 2 is 1.73 bits per heavy atom. The summed E-state index contributed by atoms with van der Waals surface area (Å²) in [6.45, 7) is 10.8. The van der Waals surface area contributed by atoms with Crippen LogP contribution in [0.25, 0.3) is 0 Å². The highest BCUT2D eigenvalue weighted by atomic mass is 16.6. The van der Waals surface area contributed by atoms with Gasteiger partial charge in [0.15, 0.2) is 0 Å². The summed E-state index contributed by atoms with van der Waals surface area (Å²) in [5, 5.41) is 0. The first kappa shape index (κ1) is 10.9. The molecule has 0 rings (SSSR count). The van der Waals surface area contributed by atoms with Crippen molar-refractivity contribution in [3.63, 3.8) is 0 Å². The SMILES string of the molecule is CC(C)CC(C)(C)C(C)ON. The fourth-order valence-corrected chi connectivity index (χ4v) is 1.40. The molecule has 0 bridgehead atoms. The molecule has 0 aliphatic carbocycles. The van der Waals surface area contributed by atoms with E-state index in [2.05, 4.69) is 27.7 Å². The topological polar surface area (TPSA) is 35.2 Å². The zero-order valence-electron chi connectivity index (χ0n) is 8.35. The van der Waals surface area contributed by atoms with E-state index in [0.717, 1.165) is 6.42 Å². The van der Waals surface area contributed by atoms with Gasteiger partial charge in [0, 0.05) is 0 Å². The van der Waals surface area contributed by atoms with Gasteiger partial charge in [-0.05, 0) is 24.7 Å². The Morgan fingerprint density at radius 3 is 2.00 bits per heavy atom. The average Bonchev–Trinajstić information content (AvgIpc) is 1.83. The van der Waals surface area contributed by atoms with Gasteiger partial charge in [-0.1, -0.05) is 27.7 Å². The maximum absolute atomic E-state index is 5.13. The van der Waals surface area contributed by atoms with Gasteiger partial charge in [-0.2, -0.15) is 0 Å². The Kier molecular flexibility index (Phi) is 4.04. The van der Waals surface area contributed by atoms with Gasteiger partial charge in [0.2, 0.25) is 0 Å². The Bertz CT molecular complexity index is 110.